The van der Waals surface area contributed by atoms with E-state index in [1.165, 1.54) is 12.1 Å². The highest BCUT2D eigenvalue weighted by atomic mass is 19.4. The van der Waals surface area contributed by atoms with Crippen LogP contribution in [0.2, 0.25) is 0 Å². The Kier molecular flexibility index (Phi) is 6.47. The summed E-state index contributed by atoms with van der Waals surface area (Å²) in [6.45, 7) is 5.82. The molecule has 4 rings (SSSR count). The maximum absolute atomic E-state index is 14.6. The van der Waals surface area contributed by atoms with E-state index >= 15 is 0 Å². The fourth-order valence-electron chi connectivity index (χ4n) is 3.97. The molecule has 3 aromatic carbocycles. The monoisotopic (exact) mass is 493 g/mol. The molecule has 8 heteroatoms. The van der Waals surface area contributed by atoms with Crippen molar-refractivity contribution in [2.45, 2.75) is 44.6 Å². The van der Waals surface area contributed by atoms with Crippen LogP contribution < -0.4 is 5.32 Å². The van der Waals surface area contributed by atoms with Crippen molar-refractivity contribution in [2.24, 2.45) is 4.99 Å². The zero-order valence-corrected chi connectivity index (χ0v) is 20.1. The van der Waals surface area contributed by atoms with Crippen LogP contribution in [0.3, 0.4) is 0 Å². The number of carbonyl (C=O) groups excluding carboxylic acids is 2. The van der Waals surface area contributed by atoms with Gasteiger partial charge in [0, 0.05) is 11.1 Å². The molecule has 1 aliphatic rings. The molecule has 0 bridgehead atoms. The van der Waals surface area contributed by atoms with Gasteiger partial charge in [-0.05, 0) is 28.7 Å². The number of aliphatic imine (C=N–C) groups is 1. The molecule has 1 atom stereocenters. The van der Waals surface area contributed by atoms with Gasteiger partial charge in [0.05, 0.1) is 6.54 Å². The van der Waals surface area contributed by atoms with Gasteiger partial charge in [-0.2, -0.15) is 13.2 Å². The van der Waals surface area contributed by atoms with Crippen molar-refractivity contribution in [2.75, 3.05) is 0 Å². The van der Waals surface area contributed by atoms with Gasteiger partial charge in [0.1, 0.15) is 5.84 Å². The number of rotatable bonds is 5. The summed E-state index contributed by atoms with van der Waals surface area (Å²) < 4.78 is 43.8. The number of halogens is 3. The number of alkyl halides is 3. The summed E-state index contributed by atoms with van der Waals surface area (Å²) >= 11 is 0. The van der Waals surface area contributed by atoms with E-state index in [-0.39, 0.29) is 23.4 Å². The molecule has 2 amide bonds. The Morgan fingerprint density at radius 3 is 1.97 bits per heavy atom. The average Bonchev–Trinajstić information content (AvgIpc) is 3.12. The molecule has 1 N–H and O–H groups in total. The molecule has 0 saturated carbocycles. The Hall–Kier alpha value is -3.94. The second kappa shape index (κ2) is 9.26. The van der Waals surface area contributed by atoms with E-state index in [9.17, 15) is 22.8 Å². The molecule has 1 aliphatic heterocycles. The van der Waals surface area contributed by atoms with E-state index in [1.807, 2.05) is 26.1 Å². The second-order valence-electron chi connectivity index (χ2n) is 9.67. The lowest BCUT2D eigenvalue weighted by Gasteiger charge is -2.29. The van der Waals surface area contributed by atoms with Crippen LogP contribution in [0.5, 0.6) is 0 Å². The molecule has 3 aromatic rings. The second-order valence-corrected chi connectivity index (χ2v) is 9.67. The summed E-state index contributed by atoms with van der Waals surface area (Å²) in [5.41, 5.74) is -1.78. The van der Waals surface area contributed by atoms with E-state index in [0.717, 1.165) is 10.5 Å². The molecular formula is C28H26F3N3O2. The molecule has 5 nitrogen and oxygen atoms in total. The maximum Gasteiger partial charge on any atom is 0.442 e. The zero-order chi connectivity index (χ0) is 26.1. The molecule has 0 fully saturated rings. The smallest absolute Gasteiger partial charge is 0.312 e. The summed E-state index contributed by atoms with van der Waals surface area (Å²) in [6.07, 6.45) is -5.18. The average molecular weight is 494 g/mol. The van der Waals surface area contributed by atoms with E-state index < -0.39 is 23.7 Å². The zero-order valence-electron chi connectivity index (χ0n) is 20.1. The van der Waals surface area contributed by atoms with Crippen molar-refractivity contribution in [3.05, 3.63) is 107 Å². The topological polar surface area (TPSA) is 61.8 Å². The minimum Gasteiger partial charge on any atom is -0.312 e. The van der Waals surface area contributed by atoms with Crippen LogP contribution in [-0.2, 0) is 16.8 Å². The molecule has 1 heterocycles. The fraction of sp³-hybridized carbons (Fsp3) is 0.250. The first-order valence-corrected chi connectivity index (χ1v) is 11.4. The highest BCUT2D eigenvalue weighted by Gasteiger charge is 2.67. The van der Waals surface area contributed by atoms with Gasteiger partial charge < -0.3 is 5.32 Å². The molecule has 0 aliphatic carbocycles. The van der Waals surface area contributed by atoms with Crippen molar-refractivity contribution >= 4 is 17.6 Å². The van der Waals surface area contributed by atoms with E-state index in [0.29, 0.717) is 11.1 Å². The summed E-state index contributed by atoms with van der Waals surface area (Å²) in [5, 5.41) is 1.93. The number of amidine groups is 1. The summed E-state index contributed by atoms with van der Waals surface area (Å²) in [6, 6.07) is 23.1. The number of nitrogens with one attached hydrogen (secondary N) is 1. The van der Waals surface area contributed by atoms with Crippen LogP contribution in [0, 0.1) is 0 Å². The van der Waals surface area contributed by atoms with Crippen LogP contribution >= 0.6 is 0 Å². The molecular weight excluding hydrogens is 467 g/mol. The normalized spacial score (nSPS) is 18.2. The van der Waals surface area contributed by atoms with E-state index in [2.05, 4.69) is 4.99 Å². The van der Waals surface area contributed by atoms with Gasteiger partial charge in [-0.3, -0.25) is 14.5 Å². The largest absolute Gasteiger partial charge is 0.442 e. The molecule has 186 valence electrons. The highest BCUT2D eigenvalue weighted by molar-refractivity contribution is 6.16. The van der Waals surface area contributed by atoms with Gasteiger partial charge in [-0.25, -0.2) is 4.99 Å². The van der Waals surface area contributed by atoms with Crippen LogP contribution in [0.1, 0.15) is 47.8 Å². The van der Waals surface area contributed by atoms with Crippen molar-refractivity contribution in [1.29, 1.82) is 0 Å². The molecule has 36 heavy (non-hydrogen) atoms. The number of hydrogen-bond donors (Lipinski definition) is 1. The lowest BCUT2D eigenvalue weighted by atomic mass is 9.86. The molecule has 0 aromatic heterocycles. The van der Waals surface area contributed by atoms with Crippen LogP contribution in [0.4, 0.5) is 13.2 Å². The Morgan fingerprint density at radius 1 is 0.889 bits per heavy atom. The number of amides is 2. The first kappa shape index (κ1) is 25.2. The molecule has 0 unspecified atom stereocenters. The molecule has 0 spiro atoms. The van der Waals surface area contributed by atoms with Crippen molar-refractivity contribution < 1.29 is 22.8 Å². The third kappa shape index (κ3) is 4.76. The fourth-order valence-corrected chi connectivity index (χ4v) is 3.97. The van der Waals surface area contributed by atoms with Gasteiger partial charge in [-0.1, -0.05) is 93.6 Å². The minimum absolute atomic E-state index is 0.00241. The highest BCUT2D eigenvalue weighted by Crippen LogP contribution is 2.39. The Balaban J connectivity index is 1.76. The van der Waals surface area contributed by atoms with Crippen LogP contribution in [-0.4, -0.2) is 34.4 Å². The van der Waals surface area contributed by atoms with Gasteiger partial charge in [0.2, 0.25) is 0 Å². The number of benzene rings is 3. The third-order valence-electron chi connectivity index (χ3n) is 6.02. The van der Waals surface area contributed by atoms with Gasteiger partial charge in [0.25, 0.3) is 11.8 Å². The van der Waals surface area contributed by atoms with E-state index in [4.69, 9.17) is 0 Å². The van der Waals surface area contributed by atoms with Crippen molar-refractivity contribution in [1.82, 2.24) is 10.2 Å². The number of hydrogen-bond acceptors (Lipinski definition) is 3. The number of nitrogens with zero attached hydrogens (tertiary/aromatic N) is 2. The third-order valence-corrected chi connectivity index (χ3v) is 6.02. The predicted octanol–water partition coefficient (Wildman–Crippen LogP) is 5.46. The maximum atomic E-state index is 14.6. The lowest BCUT2D eigenvalue weighted by molar-refractivity contribution is -0.196. The molecule has 0 radical (unpaired) electrons. The predicted molar refractivity (Wildman–Crippen MR) is 131 cm³/mol. The van der Waals surface area contributed by atoms with Crippen LogP contribution in [0.25, 0.3) is 0 Å². The summed E-state index contributed by atoms with van der Waals surface area (Å²) in [5.74, 6) is -2.57. The van der Waals surface area contributed by atoms with E-state index in [1.54, 1.807) is 72.8 Å². The van der Waals surface area contributed by atoms with Gasteiger partial charge >= 0.3 is 11.8 Å². The first-order valence-electron chi connectivity index (χ1n) is 11.4. The van der Waals surface area contributed by atoms with Crippen molar-refractivity contribution in [3.8, 4) is 0 Å². The van der Waals surface area contributed by atoms with Gasteiger partial charge in [-0.15, -0.1) is 0 Å². The lowest BCUT2D eigenvalue weighted by Crippen LogP contribution is -2.63. The van der Waals surface area contributed by atoms with Gasteiger partial charge in [0.15, 0.2) is 0 Å². The summed E-state index contributed by atoms with van der Waals surface area (Å²) in [7, 11) is 0. The quantitative estimate of drug-likeness (QED) is 0.513. The Labute approximate surface area is 207 Å². The standard InChI is InChI=1S/C28H26F3N3O2/c1-26(2,3)22-16-14-21(15-17-22)24(35)33-27(28(29,30)31)25(36)34(18-19-10-6-4-7-11-19)23(32-27)20-12-8-5-9-13-20/h4-17H,18H2,1-3H3,(H,33,35)/t27-/m1/s1. The van der Waals surface area contributed by atoms with Crippen molar-refractivity contribution in [3.63, 3.8) is 0 Å². The van der Waals surface area contributed by atoms with Crippen LogP contribution in [0.15, 0.2) is 89.9 Å². The summed E-state index contributed by atoms with van der Waals surface area (Å²) in [4.78, 5) is 31.4. The first-order chi connectivity index (χ1) is 16.9. The molecule has 0 saturated heterocycles. The SMILES string of the molecule is CC(C)(C)c1ccc(C(=O)N[C@]2(C(F)(F)F)N=C(c3ccccc3)N(Cc3ccccc3)C2=O)cc1. The minimum atomic E-state index is -5.18. The Morgan fingerprint density at radius 2 is 1.44 bits per heavy atom. The number of carbonyl (C=O) groups is 2. The Bertz CT molecular complexity index is 1280.